The predicted molar refractivity (Wildman–Crippen MR) is 121 cm³/mol. The molecule has 160 valence electrons. The quantitative estimate of drug-likeness (QED) is 0.272. The Morgan fingerprint density at radius 3 is 2.59 bits per heavy atom. The van der Waals surface area contributed by atoms with E-state index in [1.165, 1.54) is 18.2 Å². The van der Waals surface area contributed by atoms with Crippen molar-refractivity contribution in [2.45, 2.75) is 0 Å². The predicted octanol–water partition coefficient (Wildman–Crippen LogP) is 4.74. The molecule has 0 saturated heterocycles. The minimum Gasteiger partial charge on any atom is -0.334 e. The van der Waals surface area contributed by atoms with Crippen LogP contribution in [0.5, 0.6) is 0 Å². The molecule has 0 atom stereocenters. The van der Waals surface area contributed by atoms with Gasteiger partial charge in [-0.25, -0.2) is 9.97 Å². The van der Waals surface area contributed by atoms with Crippen molar-refractivity contribution >= 4 is 63.0 Å². The highest BCUT2D eigenvalue weighted by Crippen LogP contribution is 2.33. The van der Waals surface area contributed by atoms with E-state index in [0.29, 0.717) is 16.2 Å². The fourth-order valence-electron chi connectivity index (χ4n) is 2.93. The molecule has 0 bridgehead atoms. The van der Waals surface area contributed by atoms with Gasteiger partial charge in [0.15, 0.2) is 0 Å². The van der Waals surface area contributed by atoms with Gasteiger partial charge in [-0.05, 0) is 42.5 Å². The standard InChI is InChI=1S/C20H13Cl2N7O3/c21-11-6-7-12(14(22)9-11)20(30)28-27-19-17(29(31)32)18(24-10-25-19)26-16-5-1-4-15-13(16)3-2-8-23-15/h1-10H,(H,28,30)(H2,24,25,26,27). The molecule has 0 unspecified atom stereocenters. The van der Waals surface area contributed by atoms with Crippen LogP contribution in [0.25, 0.3) is 10.9 Å². The third-order valence-corrected chi connectivity index (χ3v) is 4.92. The second kappa shape index (κ2) is 9.00. The number of benzene rings is 2. The summed E-state index contributed by atoms with van der Waals surface area (Å²) in [6.45, 7) is 0. The van der Waals surface area contributed by atoms with E-state index in [9.17, 15) is 14.9 Å². The number of nitro groups is 1. The zero-order valence-corrected chi connectivity index (χ0v) is 17.6. The fourth-order valence-corrected chi connectivity index (χ4v) is 3.43. The van der Waals surface area contributed by atoms with E-state index in [0.717, 1.165) is 11.7 Å². The SMILES string of the molecule is O=C(NNc1ncnc(Nc2cccc3ncccc23)c1[N+](=O)[O-])c1ccc(Cl)cc1Cl. The van der Waals surface area contributed by atoms with Gasteiger partial charge in [0.05, 0.1) is 21.0 Å². The molecule has 4 rings (SSSR count). The van der Waals surface area contributed by atoms with Crippen LogP contribution in [0.1, 0.15) is 10.4 Å². The Morgan fingerprint density at radius 1 is 1.00 bits per heavy atom. The minimum absolute atomic E-state index is 0.0670. The van der Waals surface area contributed by atoms with Gasteiger partial charge in [-0.15, -0.1) is 0 Å². The number of hydrazine groups is 1. The van der Waals surface area contributed by atoms with Crippen LogP contribution in [0.4, 0.5) is 23.0 Å². The smallest absolute Gasteiger partial charge is 0.334 e. The lowest BCUT2D eigenvalue weighted by Crippen LogP contribution is -2.30. The molecular weight excluding hydrogens is 457 g/mol. The maximum absolute atomic E-state index is 12.4. The topological polar surface area (TPSA) is 135 Å². The van der Waals surface area contributed by atoms with Gasteiger partial charge in [-0.2, -0.15) is 0 Å². The molecule has 10 nitrogen and oxygen atoms in total. The van der Waals surface area contributed by atoms with E-state index < -0.39 is 16.5 Å². The lowest BCUT2D eigenvalue weighted by atomic mass is 10.2. The van der Waals surface area contributed by atoms with Crippen molar-refractivity contribution in [1.82, 2.24) is 20.4 Å². The van der Waals surface area contributed by atoms with Crippen molar-refractivity contribution in [1.29, 1.82) is 0 Å². The number of hydrogen-bond donors (Lipinski definition) is 3. The average Bonchev–Trinajstić information content (AvgIpc) is 2.77. The summed E-state index contributed by atoms with van der Waals surface area (Å²) in [7, 11) is 0. The molecule has 0 spiro atoms. The molecule has 0 radical (unpaired) electrons. The zero-order valence-electron chi connectivity index (χ0n) is 16.0. The van der Waals surface area contributed by atoms with Gasteiger partial charge in [-0.1, -0.05) is 29.3 Å². The molecule has 2 aromatic heterocycles. The third kappa shape index (κ3) is 4.36. The third-order valence-electron chi connectivity index (χ3n) is 4.37. The Bertz CT molecular complexity index is 1340. The van der Waals surface area contributed by atoms with Crippen molar-refractivity contribution in [2.75, 3.05) is 10.7 Å². The highest BCUT2D eigenvalue weighted by atomic mass is 35.5. The first-order chi connectivity index (χ1) is 15.4. The molecule has 0 fully saturated rings. The number of fused-ring (bicyclic) bond motifs is 1. The molecule has 0 aliphatic heterocycles. The van der Waals surface area contributed by atoms with Crippen LogP contribution in [0.15, 0.2) is 61.1 Å². The van der Waals surface area contributed by atoms with Gasteiger partial charge >= 0.3 is 5.69 Å². The molecule has 2 aromatic carbocycles. The molecule has 1 amide bonds. The van der Waals surface area contributed by atoms with Gasteiger partial charge in [0.25, 0.3) is 5.91 Å². The van der Waals surface area contributed by atoms with Crippen LogP contribution < -0.4 is 16.2 Å². The fraction of sp³-hybridized carbons (Fsp3) is 0. The molecule has 2 heterocycles. The number of aromatic nitrogens is 3. The number of nitrogens with one attached hydrogen (secondary N) is 3. The van der Waals surface area contributed by atoms with Gasteiger partial charge in [0, 0.05) is 22.3 Å². The molecule has 12 heteroatoms. The number of pyridine rings is 1. The molecule has 4 aromatic rings. The molecule has 0 aliphatic carbocycles. The monoisotopic (exact) mass is 469 g/mol. The number of halogens is 2. The van der Waals surface area contributed by atoms with Crippen LogP contribution in [-0.2, 0) is 0 Å². The molecule has 32 heavy (non-hydrogen) atoms. The highest BCUT2D eigenvalue weighted by Gasteiger charge is 2.24. The summed E-state index contributed by atoms with van der Waals surface area (Å²) in [4.78, 5) is 35.7. The number of carbonyl (C=O) groups excluding carboxylic acids is 1. The zero-order chi connectivity index (χ0) is 22.7. The minimum atomic E-state index is -0.657. The second-order valence-electron chi connectivity index (χ2n) is 6.38. The summed E-state index contributed by atoms with van der Waals surface area (Å²) in [6.07, 6.45) is 2.78. The van der Waals surface area contributed by atoms with E-state index in [2.05, 4.69) is 31.1 Å². The van der Waals surface area contributed by atoms with E-state index in [-0.39, 0.29) is 22.2 Å². The van der Waals surface area contributed by atoms with Crippen molar-refractivity contribution in [3.8, 4) is 0 Å². The normalized spacial score (nSPS) is 10.6. The van der Waals surface area contributed by atoms with E-state index >= 15 is 0 Å². The van der Waals surface area contributed by atoms with Gasteiger partial charge in [0.2, 0.25) is 11.6 Å². The first-order valence-corrected chi connectivity index (χ1v) is 9.81. The molecule has 0 aliphatic rings. The molecule has 0 saturated carbocycles. The summed E-state index contributed by atoms with van der Waals surface area (Å²) in [5.74, 6) is -0.916. The van der Waals surface area contributed by atoms with Gasteiger partial charge < -0.3 is 5.32 Å². The van der Waals surface area contributed by atoms with Crippen LogP contribution in [0.2, 0.25) is 10.0 Å². The summed E-state index contributed by atoms with van der Waals surface area (Å²) in [5, 5.41) is 16.0. The lowest BCUT2D eigenvalue weighted by Gasteiger charge is -2.12. The van der Waals surface area contributed by atoms with E-state index in [1.807, 2.05) is 12.1 Å². The Labute approximate surface area is 190 Å². The summed E-state index contributed by atoms with van der Waals surface area (Å²) in [5.41, 5.74) is 5.75. The second-order valence-corrected chi connectivity index (χ2v) is 7.22. The maximum atomic E-state index is 12.4. The van der Waals surface area contributed by atoms with Crippen LogP contribution in [-0.4, -0.2) is 25.8 Å². The van der Waals surface area contributed by atoms with E-state index in [4.69, 9.17) is 23.2 Å². The Hall–Kier alpha value is -4.02. The largest absolute Gasteiger partial charge is 0.355 e. The highest BCUT2D eigenvalue weighted by molar-refractivity contribution is 6.36. The number of carbonyl (C=O) groups is 1. The summed E-state index contributed by atoms with van der Waals surface area (Å²) >= 11 is 11.9. The lowest BCUT2D eigenvalue weighted by molar-refractivity contribution is -0.383. The average molecular weight is 470 g/mol. The number of amides is 1. The first kappa shape index (κ1) is 21.2. The van der Waals surface area contributed by atoms with Crippen LogP contribution in [0, 0.1) is 10.1 Å². The maximum Gasteiger partial charge on any atom is 0.355 e. The molecular formula is C20H13Cl2N7O3. The van der Waals surface area contributed by atoms with Crippen LogP contribution >= 0.6 is 23.2 Å². The van der Waals surface area contributed by atoms with Crippen molar-refractivity contribution in [3.05, 3.63) is 86.8 Å². The summed E-state index contributed by atoms with van der Waals surface area (Å²) < 4.78 is 0. The number of nitrogens with zero attached hydrogens (tertiary/aromatic N) is 4. The van der Waals surface area contributed by atoms with Crippen molar-refractivity contribution < 1.29 is 9.72 Å². The molecule has 3 N–H and O–H groups in total. The van der Waals surface area contributed by atoms with E-state index in [1.54, 1.807) is 24.4 Å². The van der Waals surface area contributed by atoms with Crippen molar-refractivity contribution in [2.24, 2.45) is 0 Å². The number of anilines is 3. The van der Waals surface area contributed by atoms with Gasteiger partial charge in [0.1, 0.15) is 6.33 Å². The van der Waals surface area contributed by atoms with Gasteiger partial charge in [-0.3, -0.25) is 30.7 Å². The number of rotatable bonds is 6. The van der Waals surface area contributed by atoms with Crippen LogP contribution in [0.3, 0.4) is 0 Å². The Kier molecular flexibility index (Phi) is 5.97. The Balaban J connectivity index is 1.62. The van der Waals surface area contributed by atoms with Crippen molar-refractivity contribution in [3.63, 3.8) is 0 Å². The Morgan fingerprint density at radius 2 is 1.81 bits per heavy atom. The first-order valence-electron chi connectivity index (χ1n) is 9.05. The summed E-state index contributed by atoms with van der Waals surface area (Å²) in [6, 6.07) is 13.2. The number of hydrogen-bond acceptors (Lipinski definition) is 8.